The standard InChI is InChI=1S/2C10H16O/c2*1-6(2)10-4-8(10)7(3)9(11)5-10/h2*6-8H,4-5H2,1-3H3. The van der Waals surface area contributed by atoms with Crippen LogP contribution in [0.1, 0.15) is 67.2 Å². The second kappa shape index (κ2) is 4.92. The van der Waals surface area contributed by atoms with E-state index < -0.39 is 0 Å². The minimum absolute atomic E-state index is 0.373. The highest BCUT2D eigenvalue weighted by Gasteiger charge is 2.65. The van der Waals surface area contributed by atoms with Gasteiger partial charge in [0, 0.05) is 24.7 Å². The zero-order valence-electron chi connectivity index (χ0n) is 15.1. The molecule has 0 bridgehead atoms. The van der Waals surface area contributed by atoms with E-state index in [2.05, 4.69) is 41.5 Å². The molecular formula is C20H32O2. The lowest BCUT2D eigenvalue weighted by Gasteiger charge is -2.14. The van der Waals surface area contributed by atoms with Gasteiger partial charge in [-0.05, 0) is 47.3 Å². The summed E-state index contributed by atoms with van der Waals surface area (Å²) in [5, 5.41) is 0. The van der Waals surface area contributed by atoms with Crippen molar-refractivity contribution in [3.05, 3.63) is 0 Å². The third-order valence-corrected chi connectivity index (χ3v) is 7.89. The highest BCUT2D eigenvalue weighted by atomic mass is 16.1. The Bertz CT molecular complexity index is 460. The molecule has 0 aromatic rings. The van der Waals surface area contributed by atoms with Gasteiger partial charge >= 0.3 is 0 Å². The molecule has 4 saturated carbocycles. The normalized spacial score (nSPS) is 48.2. The molecule has 0 aliphatic heterocycles. The predicted octanol–water partition coefficient (Wildman–Crippen LogP) is 4.52. The Labute approximate surface area is 135 Å². The summed E-state index contributed by atoms with van der Waals surface area (Å²) >= 11 is 0. The summed E-state index contributed by atoms with van der Waals surface area (Å²) in [4.78, 5) is 22.6. The summed E-state index contributed by atoms with van der Waals surface area (Å²) in [7, 11) is 0. The Morgan fingerprint density at radius 3 is 1.23 bits per heavy atom. The Balaban J connectivity index is 0.000000131. The third kappa shape index (κ3) is 2.12. The molecule has 124 valence electrons. The first kappa shape index (κ1) is 16.2. The largest absolute Gasteiger partial charge is 0.299 e. The summed E-state index contributed by atoms with van der Waals surface area (Å²) in [6.45, 7) is 13.2. The zero-order valence-corrected chi connectivity index (χ0v) is 15.1. The van der Waals surface area contributed by atoms with Gasteiger partial charge < -0.3 is 0 Å². The van der Waals surface area contributed by atoms with E-state index in [4.69, 9.17) is 0 Å². The van der Waals surface area contributed by atoms with Crippen LogP contribution < -0.4 is 0 Å². The molecule has 6 atom stereocenters. The monoisotopic (exact) mass is 304 g/mol. The molecule has 0 aromatic heterocycles. The predicted molar refractivity (Wildman–Crippen MR) is 88.3 cm³/mol. The lowest BCUT2D eigenvalue weighted by molar-refractivity contribution is -0.122. The molecule has 0 spiro atoms. The number of Topliss-reactive ketones (excluding diaryl/α,β-unsaturated/α-hetero) is 2. The van der Waals surface area contributed by atoms with Gasteiger partial charge in [0.25, 0.3) is 0 Å². The average molecular weight is 304 g/mol. The quantitative estimate of drug-likeness (QED) is 0.752. The van der Waals surface area contributed by atoms with Crippen LogP contribution in [0.25, 0.3) is 0 Å². The Morgan fingerprint density at radius 1 is 0.773 bits per heavy atom. The molecule has 2 nitrogen and oxygen atoms in total. The number of fused-ring (bicyclic) bond motifs is 2. The van der Waals surface area contributed by atoms with Crippen molar-refractivity contribution in [1.29, 1.82) is 0 Å². The molecular weight excluding hydrogens is 272 g/mol. The van der Waals surface area contributed by atoms with Gasteiger partial charge in [-0.2, -0.15) is 0 Å². The number of hydrogen-bond donors (Lipinski definition) is 0. The van der Waals surface area contributed by atoms with Crippen LogP contribution in [0.4, 0.5) is 0 Å². The summed E-state index contributed by atoms with van der Waals surface area (Å²) in [5.41, 5.74) is 0.910. The van der Waals surface area contributed by atoms with Gasteiger partial charge in [0.15, 0.2) is 0 Å². The summed E-state index contributed by atoms with van der Waals surface area (Å²) in [5.74, 6) is 4.67. The second-order valence-electron chi connectivity index (χ2n) is 9.26. The lowest BCUT2D eigenvalue weighted by Crippen LogP contribution is -2.10. The Hall–Kier alpha value is -0.660. The van der Waals surface area contributed by atoms with E-state index in [0.29, 0.717) is 46.1 Å². The van der Waals surface area contributed by atoms with Crippen molar-refractivity contribution in [1.82, 2.24) is 0 Å². The topological polar surface area (TPSA) is 34.1 Å². The van der Waals surface area contributed by atoms with E-state index in [0.717, 1.165) is 24.7 Å². The third-order valence-electron chi connectivity index (χ3n) is 7.89. The maximum atomic E-state index is 11.3. The van der Waals surface area contributed by atoms with Crippen LogP contribution in [0.15, 0.2) is 0 Å². The van der Waals surface area contributed by atoms with Crippen molar-refractivity contribution in [2.24, 2.45) is 46.3 Å². The lowest BCUT2D eigenvalue weighted by atomic mass is 9.90. The minimum Gasteiger partial charge on any atom is -0.299 e. The van der Waals surface area contributed by atoms with Crippen LogP contribution in [0, 0.1) is 46.3 Å². The van der Waals surface area contributed by atoms with Gasteiger partial charge in [-0.3, -0.25) is 9.59 Å². The molecule has 0 heterocycles. The van der Waals surface area contributed by atoms with Gasteiger partial charge in [0.2, 0.25) is 0 Å². The smallest absolute Gasteiger partial charge is 0.136 e. The number of ketones is 2. The van der Waals surface area contributed by atoms with E-state index in [1.807, 2.05) is 0 Å². The first-order valence-electron chi connectivity index (χ1n) is 9.21. The molecule has 0 aromatic carbocycles. The summed E-state index contributed by atoms with van der Waals surface area (Å²) < 4.78 is 0. The van der Waals surface area contributed by atoms with Crippen molar-refractivity contribution in [3.8, 4) is 0 Å². The molecule has 0 amide bonds. The highest BCUT2D eigenvalue weighted by molar-refractivity contribution is 5.86. The van der Waals surface area contributed by atoms with Gasteiger partial charge in [0.1, 0.15) is 11.6 Å². The van der Waals surface area contributed by atoms with Crippen molar-refractivity contribution >= 4 is 11.6 Å². The SMILES string of the molecule is CC1C(=O)CC2(C(C)C)CC12.CC1C(=O)CC2(C(C)C)CC12. The van der Waals surface area contributed by atoms with Crippen molar-refractivity contribution in [3.63, 3.8) is 0 Å². The fraction of sp³-hybridized carbons (Fsp3) is 0.900. The summed E-state index contributed by atoms with van der Waals surface area (Å²) in [6, 6.07) is 0. The number of carbonyl (C=O) groups is 2. The zero-order chi connectivity index (χ0) is 16.4. The average Bonchev–Trinajstić information content (AvgIpc) is 3.29. The number of rotatable bonds is 2. The molecule has 2 heteroatoms. The van der Waals surface area contributed by atoms with Crippen LogP contribution in [0.3, 0.4) is 0 Å². The number of carbonyl (C=O) groups excluding carboxylic acids is 2. The van der Waals surface area contributed by atoms with Gasteiger partial charge in [-0.25, -0.2) is 0 Å². The first-order valence-corrected chi connectivity index (χ1v) is 9.21. The molecule has 4 aliphatic rings. The van der Waals surface area contributed by atoms with Crippen LogP contribution in [0.2, 0.25) is 0 Å². The van der Waals surface area contributed by atoms with Gasteiger partial charge in [-0.15, -0.1) is 0 Å². The van der Waals surface area contributed by atoms with E-state index in [1.54, 1.807) is 0 Å². The maximum absolute atomic E-state index is 11.3. The van der Waals surface area contributed by atoms with Crippen molar-refractivity contribution < 1.29 is 9.59 Å². The molecule has 4 rings (SSSR count). The van der Waals surface area contributed by atoms with E-state index in [-0.39, 0.29) is 0 Å². The highest BCUT2D eigenvalue weighted by Crippen LogP contribution is 2.69. The van der Waals surface area contributed by atoms with Crippen molar-refractivity contribution in [2.75, 3.05) is 0 Å². The second-order valence-corrected chi connectivity index (χ2v) is 9.26. The first-order chi connectivity index (χ1) is 10.2. The van der Waals surface area contributed by atoms with E-state index in [1.165, 1.54) is 12.8 Å². The summed E-state index contributed by atoms with van der Waals surface area (Å²) in [6.07, 6.45) is 4.38. The van der Waals surface area contributed by atoms with E-state index >= 15 is 0 Å². The molecule has 22 heavy (non-hydrogen) atoms. The van der Waals surface area contributed by atoms with Gasteiger partial charge in [0.05, 0.1) is 0 Å². The molecule has 4 fully saturated rings. The maximum Gasteiger partial charge on any atom is 0.136 e. The molecule has 0 saturated heterocycles. The van der Waals surface area contributed by atoms with Crippen LogP contribution in [0.5, 0.6) is 0 Å². The molecule has 0 N–H and O–H groups in total. The molecule has 4 aliphatic carbocycles. The minimum atomic E-state index is 0.373. The molecule has 6 unspecified atom stereocenters. The van der Waals surface area contributed by atoms with Crippen molar-refractivity contribution in [2.45, 2.75) is 67.2 Å². The fourth-order valence-corrected chi connectivity index (χ4v) is 5.61. The van der Waals surface area contributed by atoms with Crippen LogP contribution in [-0.2, 0) is 9.59 Å². The van der Waals surface area contributed by atoms with Crippen LogP contribution >= 0.6 is 0 Å². The Morgan fingerprint density at radius 2 is 1.09 bits per heavy atom. The molecule has 0 radical (unpaired) electrons. The fourth-order valence-electron chi connectivity index (χ4n) is 5.61. The van der Waals surface area contributed by atoms with Crippen LogP contribution in [-0.4, -0.2) is 11.6 Å². The number of hydrogen-bond acceptors (Lipinski definition) is 2. The van der Waals surface area contributed by atoms with Gasteiger partial charge in [-0.1, -0.05) is 41.5 Å². The Kier molecular flexibility index (Phi) is 3.62. The van der Waals surface area contributed by atoms with E-state index in [9.17, 15) is 9.59 Å².